The van der Waals surface area contributed by atoms with Gasteiger partial charge in [0.2, 0.25) is 5.13 Å². The highest BCUT2D eigenvalue weighted by molar-refractivity contribution is 7.15. The van der Waals surface area contributed by atoms with Crippen molar-refractivity contribution in [2.75, 3.05) is 18.0 Å². The molecule has 1 aromatic rings. The molecule has 2 fully saturated rings. The summed E-state index contributed by atoms with van der Waals surface area (Å²) in [6.45, 7) is 4.89. The summed E-state index contributed by atoms with van der Waals surface area (Å²) in [5.74, 6) is 0.168. The molecule has 23 heavy (non-hydrogen) atoms. The molecule has 126 valence electrons. The Balaban J connectivity index is 1.83. The summed E-state index contributed by atoms with van der Waals surface area (Å²) < 4.78 is 5.46. The van der Waals surface area contributed by atoms with Crippen molar-refractivity contribution in [3.63, 3.8) is 0 Å². The topological polar surface area (TPSA) is 75.6 Å². The minimum atomic E-state index is -0.583. The summed E-state index contributed by atoms with van der Waals surface area (Å²) in [6.07, 6.45) is 3.79. The molecular formula is C15H22N4O3S. The molecule has 0 bridgehead atoms. The Bertz CT molecular complexity index is 587. The third-order valence-electron chi connectivity index (χ3n) is 4.44. The number of esters is 1. The molecule has 1 unspecified atom stereocenters. The molecule has 0 aromatic carbocycles. The minimum absolute atomic E-state index is 0.163. The van der Waals surface area contributed by atoms with Crippen LogP contribution in [0.2, 0.25) is 0 Å². The second-order valence-corrected chi connectivity index (χ2v) is 6.86. The van der Waals surface area contributed by atoms with E-state index in [2.05, 4.69) is 10.2 Å². The van der Waals surface area contributed by atoms with E-state index < -0.39 is 6.23 Å². The lowest BCUT2D eigenvalue weighted by Gasteiger charge is -2.38. The molecule has 0 spiro atoms. The van der Waals surface area contributed by atoms with Crippen LogP contribution in [-0.4, -0.2) is 46.4 Å². The van der Waals surface area contributed by atoms with Gasteiger partial charge in [0.1, 0.15) is 5.01 Å². The molecule has 0 radical (unpaired) electrons. The second kappa shape index (κ2) is 6.82. The van der Waals surface area contributed by atoms with Crippen LogP contribution in [0.15, 0.2) is 0 Å². The first kappa shape index (κ1) is 16.2. The fraction of sp³-hybridized carbons (Fsp3) is 0.733. The second-order valence-electron chi connectivity index (χ2n) is 5.87. The number of hydrogen-bond donors (Lipinski definition) is 0. The molecule has 1 saturated carbocycles. The standard InChI is InChI=1S/C15H22N4O3S/c1-3-12(20)22-11-8-9-18(4-2)15(21)19(11)14-17-16-13(23-14)10-6-5-7-10/h10-11H,3-9H2,1-2H3. The van der Waals surface area contributed by atoms with Crippen molar-refractivity contribution < 1.29 is 14.3 Å². The van der Waals surface area contributed by atoms with Gasteiger partial charge in [-0.25, -0.2) is 9.69 Å². The van der Waals surface area contributed by atoms with E-state index in [9.17, 15) is 9.59 Å². The number of carbonyl (C=O) groups is 2. The molecule has 2 aliphatic rings. The van der Waals surface area contributed by atoms with E-state index in [1.807, 2.05) is 6.92 Å². The molecule has 2 heterocycles. The van der Waals surface area contributed by atoms with E-state index in [-0.39, 0.29) is 12.0 Å². The maximum Gasteiger partial charge on any atom is 0.329 e. The van der Waals surface area contributed by atoms with Crippen LogP contribution in [0.3, 0.4) is 0 Å². The van der Waals surface area contributed by atoms with E-state index in [0.29, 0.717) is 37.0 Å². The van der Waals surface area contributed by atoms with Gasteiger partial charge >= 0.3 is 12.0 Å². The van der Waals surface area contributed by atoms with Gasteiger partial charge in [0.25, 0.3) is 0 Å². The van der Waals surface area contributed by atoms with Crippen molar-refractivity contribution in [3.05, 3.63) is 5.01 Å². The van der Waals surface area contributed by atoms with Gasteiger partial charge in [0, 0.05) is 31.8 Å². The molecule has 3 rings (SSSR count). The zero-order valence-electron chi connectivity index (χ0n) is 13.5. The van der Waals surface area contributed by atoms with Gasteiger partial charge in [-0.05, 0) is 19.8 Å². The number of nitrogens with zero attached hydrogens (tertiary/aromatic N) is 4. The molecule has 1 aliphatic carbocycles. The zero-order valence-corrected chi connectivity index (χ0v) is 14.3. The number of urea groups is 1. The number of anilines is 1. The van der Waals surface area contributed by atoms with E-state index in [1.165, 1.54) is 22.7 Å². The Labute approximate surface area is 139 Å². The van der Waals surface area contributed by atoms with E-state index in [1.54, 1.807) is 11.8 Å². The van der Waals surface area contributed by atoms with Gasteiger partial charge in [0.05, 0.1) is 0 Å². The largest absolute Gasteiger partial charge is 0.441 e. The van der Waals surface area contributed by atoms with E-state index >= 15 is 0 Å². The molecule has 0 N–H and O–H groups in total. The molecular weight excluding hydrogens is 316 g/mol. The molecule has 1 aliphatic heterocycles. The highest BCUT2D eigenvalue weighted by Gasteiger charge is 2.38. The van der Waals surface area contributed by atoms with E-state index in [4.69, 9.17) is 4.74 Å². The molecule has 8 heteroatoms. The van der Waals surface area contributed by atoms with Crippen LogP contribution in [0, 0.1) is 0 Å². The quantitative estimate of drug-likeness (QED) is 0.772. The predicted octanol–water partition coefficient (Wildman–Crippen LogP) is 2.74. The van der Waals surface area contributed by atoms with Crippen molar-refractivity contribution in [1.29, 1.82) is 0 Å². The third-order valence-corrected chi connectivity index (χ3v) is 5.52. The maximum absolute atomic E-state index is 12.7. The summed E-state index contributed by atoms with van der Waals surface area (Å²) in [7, 11) is 0. The summed E-state index contributed by atoms with van der Waals surface area (Å²) in [4.78, 5) is 27.6. The number of hydrogen-bond acceptors (Lipinski definition) is 6. The Morgan fingerprint density at radius 1 is 1.30 bits per heavy atom. The fourth-order valence-corrected chi connectivity index (χ4v) is 3.80. The monoisotopic (exact) mass is 338 g/mol. The predicted molar refractivity (Wildman–Crippen MR) is 86.4 cm³/mol. The van der Waals surface area contributed by atoms with Crippen LogP contribution in [0.25, 0.3) is 0 Å². The third kappa shape index (κ3) is 3.17. The zero-order chi connectivity index (χ0) is 16.4. The fourth-order valence-electron chi connectivity index (χ4n) is 2.76. The van der Waals surface area contributed by atoms with Crippen LogP contribution >= 0.6 is 11.3 Å². The van der Waals surface area contributed by atoms with Crippen molar-refractivity contribution in [1.82, 2.24) is 15.1 Å². The number of amides is 2. The number of rotatable bonds is 5. The number of aromatic nitrogens is 2. The molecule has 7 nitrogen and oxygen atoms in total. The van der Waals surface area contributed by atoms with Crippen LogP contribution in [0.4, 0.5) is 9.93 Å². The Morgan fingerprint density at radius 3 is 2.70 bits per heavy atom. The summed E-state index contributed by atoms with van der Waals surface area (Å²) in [5, 5.41) is 9.96. The van der Waals surface area contributed by atoms with Crippen molar-refractivity contribution in [3.8, 4) is 0 Å². The Kier molecular flexibility index (Phi) is 4.79. The Morgan fingerprint density at radius 2 is 2.09 bits per heavy atom. The highest BCUT2D eigenvalue weighted by atomic mass is 32.1. The molecule has 2 amide bonds. The normalized spacial score (nSPS) is 22.2. The summed E-state index contributed by atoms with van der Waals surface area (Å²) in [5.41, 5.74) is 0. The minimum Gasteiger partial charge on any atom is -0.441 e. The lowest BCUT2D eigenvalue weighted by Crippen LogP contribution is -2.56. The highest BCUT2D eigenvalue weighted by Crippen LogP contribution is 2.40. The van der Waals surface area contributed by atoms with Gasteiger partial charge in [-0.1, -0.05) is 24.7 Å². The summed E-state index contributed by atoms with van der Waals surface area (Å²) >= 11 is 1.44. The van der Waals surface area contributed by atoms with Gasteiger partial charge < -0.3 is 9.64 Å². The van der Waals surface area contributed by atoms with Crippen LogP contribution in [-0.2, 0) is 9.53 Å². The lowest BCUT2D eigenvalue weighted by molar-refractivity contribution is -0.149. The van der Waals surface area contributed by atoms with Gasteiger partial charge in [-0.3, -0.25) is 4.79 Å². The van der Waals surface area contributed by atoms with E-state index in [0.717, 1.165) is 17.8 Å². The first-order chi connectivity index (χ1) is 11.1. The maximum atomic E-state index is 12.7. The van der Waals surface area contributed by atoms with Gasteiger partial charge in [-0.15, -0.1) is 10.2 Å². The molecule has 1 saturated heterocycles. The van der Waals surface area contributed by atoms with Gasteiger partial charge in [-0.2, -0.15) is 0 Å². The van der Waals surface area contributed by atoms with Crippen molar-refractivity contribution in [2.24, 2.45) is 0 Å². The summed E-state index contributed by atoms with van der Waals surface area (Å²) in [6, 6.07) is -0.163. The first-order valence-electron chi connectivity index (χ1n) is 8.25. The first-order valence-corrected chi connectivity index (χ1v) is 9.06. The van der Waals surface area contributed by atoms with Crippen LogP contribution in [0.1, 0.15) is 56.9 Å². The number of ether oxygens (including phenoxy) is 1. The lowest BCUT2D eigenvalue weighted by atomic mass is 9.86. The molecule has 1 aromatic heterocycles. The average molecular weight is 338 g/mol. The SMILES string of the molecule is CCC(=O)OC1CCN(CC)C(=O)N1c1nnc(C2CCC2)s1. The van der Waals surface area contributed by atoms with Gasteiger partial charge in [0.15, 0.2) is 6.23 Å². The Hall–Kier alpha value is -1.70. The van der Waals surface area contributed by atoms with Crippen molar-refractivity contribution in [2.45, 2.75) is 58.1 Å². The van der Waals surface area contributed by atoms with Crippen LogP contribution < -0.4 is 4.90 Å². The number of carbonyl (C=O) groups excluding carboxylic acids is 2. The average Bonchev–Trinajstić information content (AvgIpc) is 2.94. The smallest absolute Gasteiger partial charge is 0.329 e. The molecule has 1 atom stereocenters. The van der Waals surface area contributed by atoms with Crippen LogP contribution in [0.5, 0.6) is 0 Å². The van der Waals surface area contributed by atoms with Crippen molar-refractivity contribution >= 4 is 28.5 Å².